The van der Waals surface area contributed by atoms with E-state index in [0.29, 0.717) is 11.6 Å². The van der Waals surface area contributed by atoms with Crippen LogP contribution in [0.4, 0.5) is 0 Å². The van der Waals surface area contributed by atoms with Gasteiger partial charge in [0.2, 0.25) is 0 Å². The van der Waals surface area contributed by atoms with Crippen molar-refractivity contribution in [2.45, 2.75) is 13.3 Å². The van der Waals surface area contributed by atoms with E-state index in [9.17, 15) is 4.79 Å². The molecule has 0 amide bonds. The van der Waals surface area contributed by atoms with Gasteiger partial charge in [0.05, 0.1) is 13.0 Å². The summed E-state index contributed by atoms with van der Waals surface area (Å²) in [4.78, 5) is 11.5. The third kappa shape index (κ3) is 4.78. The Balaban J connectivity index is 2.54. The smallest absolute Gasteiger partial charge is 0.309 e. The summed E-state index contributed by atoms with van der Waals surface area (Å²) >= 11 is 4.85. The third-order valence-corrected chi connectivity index (χ3v) is 2.33. The maximum Gasteiger partial charge on any atom is 0.309 e. The fourth-order valence-electron chi connectivity index (χ4n) is 1.27. The van der Waals surface area contributed by atoms with Gasteiger partial charge in [-0.2, -0.15) is 0 Å². The molecule has 0 aliphatic heterocycles. The maximum atomic E-state index is 11.1. The average Bonchev–Trinajstić information content (AvgIpc) is 2.30. The monoisotopic (exact) mass is 249 g/mol. The molecule has 3 nitrogen and oxygen atoms in total. The Labute approximate surface area is 106 Å². The van der Waals surface area contributed by atoms with Gasteiger partial charge in [-0.15, -0.1) is 0 Å². The Bertz CT molecular complexity index is 424. The fourth-order valence-corrected chi connectivity index (χ4v) is 1.41. The van der Waals surface area contributed by atoms with Crippen molar-refractivity contribution < 1.29 is 9.53 Å². The fraction of sp³-hybridized carbons (Fsp3) is 0.231. The standard InChI is InChI=1S/C13H15NO2S/c1-2-16-12(15)5-3-4-10-6-8-11(9-7-10)13(14)17/h3-4,6-9H,2,5H2,1H3,(H2,14,17). The lowest BCUT2D eigenvalue weighted by molar-refractivity contribution is -0.142. The van der Waals surface area contributed by atoms with Crippen LogP contribution in [0.3, 0.4) is 0 Å². The molecule has 17 heavy (non-hydrogen) atoms. The van der Waals surface area contributed by atoms with E-state index in [-0.39, 0.29) is 12.4 Å². The minimum atomic E-state index is -0.219. The highest BCUT2D eigenvalue weighted by Crippen LogP contribution is 2.06. The van der Waals surface area contributed by atoms with Gasteiger partial charge in [0, 0.05) is 5.56 Å². The van der Waals surface area contributed by atoms with Gasteiger partial charge in [0.15, 0.2) is 0 Å². The van der Waals surface area contributed by atoms with Crippen molar-refractivity contribution >= 4 is 29.3 Å². The molecule has 0 aliphatic carbocycles. The van der Waals surface area contributed by atoms with E-state index in [1.54, 1.807) is 13.0 Å². The summed E-state index contributed by atoms with van der Waals surface area (Å²) in [7, 11) is 0. The van der Waals surface area contributed by atoms with E-state index in [4.69, 9.17) is 22.7 Å². The number of hydrogen-bond acceptors (Lipinski definition) is 3. The van der Waals surface area contributed by atoms with Crippen LogP contribution < -0.4 is 5.73 Å². The van der Waals surface area contributed by atoms with Gasteiger partial charge in [-0.05, 0) is 12.5 Å². The van der Waals surface area contributed by atoms with Crippen LogP contribution in [0.2, 0.25) is 0 Å². The summed E-state index contributed by atoms with van der Waals surface area (Å²) < 4.78 is 4.81. The van der Waals surface area contributed by atoms with Crippen molar-refractivity contribution in [3.8, 4) is 0 Å². The molecule has 0 aliphatic rings. The second-order valence-electron chi connectivity index (χ2n) is 3.40. The van der Waals surface area contributed by atoms with E-state index in [1.807, 2.05) is 30.3 Å². The molecule has 1 aromatic carbocycles. The van der Waals surface area contributed by atoms with Crippen molar-refractivity contribution in [1.29, 1.82) is 0 Å². The summed E-state index contributed by atoms with van der Waals surface area (Å²) in [6.45, 7) is 2.20. The Morgan fingerprint density at radius 1 is 1.41 bits per heavy atom. The molecule has 0 spiro atoms. The Hall–Kier alpha value is -1.68. The first-order chi connectivity index (χ1) is 8.13. The number of rotatable bonds is 5. The number of carbonyl (C=O) groups is 1. The Morgan fingerprint density at radius 2 is 2.06 bits per heavy atom. The quantitative estimate of drug-likeness (QED) is 0.642. The van der Waals surface area contributed by atoms with Crippen LogP contribution in [0.1, 0.15) is 24.5 Å². The predicted octanol–water partition coefficient (Wildman–Crippen LogP) is 2.29. The van der Waals surface area contributed by atoms with Crippen molar-refractivity contribution in [3.05, 3.63) is 41.5 Å². The number of esters is 1. The van der Waals surface area contributed by atoms with Crippen molar-refractivity contribution in [3.63, 3.8) is 0 Å². The molecule has 90 valence electrons. The van der Waals surface area contributed by atoms with Gasteiger partial charge >= 0.3 is 5.97 Å². The number of benzene rings is 1. The number of hydrogen-bond donors (Lipinski definition) is 1. The molecule has 0 aromatic heterocycles. The lowest BCUT2D eigenvalue weighted by atomic mass is 10.1. The van der Waals surface area contributed by atoms with Crippen LogP contribution in [-0.4, -0.2) is 17.6 Å². The summed E-state index contributed by atoms with van der Waals surface area (Å²) in [5, 5.41) is 0. The van der Waals surface area contributed by atoms with E-state index in [2.05, 4.69) is 0 Å². The summed E-state index contributed by atoms with van der Waals surface area (Å²) in [5.41, 5.74) is 7.32. The Kier molecular flexibility index (Phi) is 5.36. The minimum absolute atomic E-state index is 0.219. The maximum absolute atomic E-state index is 11.1. The minimum Gasteiger partial charge on any atom is -0.466 e. The number of nitrogens with two attached hydrogens (primary N) is 1. The van der Waals surface area contributed by atoms with E-state index in [1.165, 1.54) is 0 Å². The predicted molar refractivity (Wildman–Crippen MR) is 72.6 cm³/mol. The van der Waals surface area contributed by atoms with Crippen molar-refractivity contribution in [2.75, 3.05) is 6.61 Å². The first-order valence-corrected chi connectivity index (χ1v) is 5.76. The molecule has 0 atom stereocenters. The van der Waals surface area contributed by atoms with E-state index < -0.39 is 0 Å². The molecule has 1 rings (SSSR count). The van der Waals surface area contributed by atoms with Crippen LogP contribution in [-0.2, 0) is 9.53 Å². The lowest BCUT2D eigenvalue weighted by Crippen LogP contribution is -2.08. The van der Waals surface area contributed by atoms with Crippen LogP contribution in [0, 0.1) is 0 Å². The van der Waals surface area contributed by atoms with Crippen molar-refractivity contribution in [2.24, 2.45) is 5.73 Å². The van der Waals surface area contributed by atoms with Gasteiger partial charge < -0.3 is 10.5 Å². The molecule has 0 saturated heterocycles. The molecule has 0 saturated carbocycles. The number of thiocarbonyl (C=S) groups is 1. The second-order valence-corrected chi connectivity index (χ2v) is 3.84. The van der Waals surface area contributed by atoms with Gasteiger partial charge in [0.25, 0.3) is 0 Å². The zero-order valence-corrected chi connectivity index (χ0v) is 10.5. The van der Waals surface area contributed by atoms with Gasteiger partial charge in [-0.1, -0.05) is 48.6 Å². The molecule has 0 bridgehead atoms. The normalized spacial score (nSPS) is 10.4. The molecule has 1 aromatic rings. The first-order valence-electron chi connectivity index (χ1n) is 5.35. The SMILES string of the molecule is CCOC(=O)CC=Cc1ccc(C(N)=S)cc1. The topological polar surface area (TPSA) is 52.3 Å². The molecule has 0 heterocycles. The lowest BCUT2D eigenvalue weighted by Gasteiger charge is -1.99. The molecule has 4 heteroatoms. The molecule has 0 radical (unpaired) electrons. The molecule has 0 unspecified atom stereocenters. The highest BCUT2D eigenvalue weighted by atomic mass is 32.1. The summed E-state index contributed by atoms with van der Waals surface area (Å²) in [6, 6.07) is 7.50. The van der Waals surface area contributed by atoms with Gasteiger partial charge in [-0.25, -0.2) is 0 Å². The number of carbonyl (C=O) groups excluding carboxylic acids is 1. The molecule has 2 N–H and O–H groups in total. The third-order valence-electron chi connectivity index (χ3n) is 2.10. The number of ether oxygens (including phenoxy) is 1. The molecular weight excluding hydrogens is 234 g/mol. The summed E-state index contributed by atoms with van der Waals surface area (Å²) in [5.74, 6) is -0.219. The first kappa shape index (κ1) is 13.4. The van der Waals surface area contributed by atoms with Crippen molar-refractivity contribution in [1.82, 2.24) is 0 Å². The van der Waals surface area contributed by atoms with E-state index in [0.717, 1.165) is 11.1 Å². The highest BCUT2D eigenvalue weighted by Gasteiger charge is 1.97. The highest BCUT2D eigenvalue weighted by molar-refractivity contribution is 7.80. The van der Waals surface area contributed by atoms with Gasteiger partial charge in [-0.3, -0.25) is 4.79 Å². The van der Waals surface area contributed by atoms with Crippen LogP contribution in [0.5, 0.6) is 0 Å². The van der Waals surface area contributed by atoms with Crippen LogP contribution >= 0.6 is 12.2 Å². The molecule has 0 fully saturated rings. The van der Waals surface area contributed by atoms with Crippen LogP contribution in [0.25, 0.3) is 6.08 Å². The van der Waals surface area contributed by atoms with Crippen LogP contribution in [0.15, 0.2) is 30.3 Å². The largest absolute Gasteiger partial charge is 0.466 e. The van der Waals surface area contributed by atoms with E-state index >= 15 is 0 Å². The zero-order chi connectivity index (χ0) is 12.7. The van der Waals surface area contributed by atoms with Gasteiger partial charge in [0.1, 0.15) is 4.99 Å². The average molecular weight is 249 g/mol. The molecular formula is C13H15NO2S. The summed E-state index contributed by atoms with van der Waals surface area (Å²) in [6.07, 6.45) is 3.92. The zero-order valence-electron chi connectivity index (χ0n) is 9.68. The second kappa shape index (κ2) is 6.81. The Morgan fingerprint density at radius 3 is 2.59 bits per heavy atom.